The van der Waals surface area contributed by atoms with Gasteiger partial charge in [-0.05, 0) is 42.3 Å². The van der Waals surface area contributed by atoms with E-state index in [1.165, 1.54) is 5.56 Å². The Bertz CT molecular complexity index is 1000. The monoisotopic (exact) mass is 417 g/mol. The summed E-state index contributed by atoms with van der Waals surface area (Å²) in [6, 6.07) is 26.4. The summed E-state index contributed by atoms with van der Waals surface area (Å²) in [4.78, 5) is 24.2. The highest BCUT2D eigenvalue weighted by Gasteiger charge is 2.06. The lowest BCUT2D eigenvalue weighted by molar-refractivity contribution is -0.118. The van der Waals surface area contributed by atoms with Gasteiger partial charge in [-0.15, -0.1) is 11.8 Å². The average Bonchev–Trinajstić information content (AvgIpc) is 2.79. The normalized spacial score (nSPS) is 11.0. The minimum atomic E-state index is -0.158. The number of benzene rings is 3. The van der Waals surface area contributed by atoms with Crippen molar-refractivity contribution in [3.8, 4) is 0 Å². The second-order valence-corrected chi connectivity index (χ2v) is 7.59. The molecule has 0 aliphatic rings. The quantitative estimate of drug-likeness (QED) is 0.412. The molecule has 0 saturated carbocycles. The van der Waals surface area contributed by atoms with Gasteiger partial charge in [0.1, 0.15) is 0 Å². The molecule has 0 aliphatic carbocycles. The molecule has 3 aromatic rings. The predicted molar refractivity (Wildman–Crippen MR) is 124 cm³/mol. The fourth-order valence-corrected chi connectivity index (χ4v) is 3.45. The molecule has 0 aromatic heterocycles. The molecule has 6 heteroatoms. The lowest BCUT2D eigenvalue weighted by Gasteiger charge is -2.07. The Hall–Kier alpha value is -3.38. The number of hydrazone groups is 1. The van der Waals surface area contributed by atoms with Crippen molar-refractivity contribution < 1.29 is 9.59 Å². The van der Waals surface area contributed by atoms with Crippen molar-refractivity contribution in [1.82, 2.24) is 5.43 Å². The van der Waals surface area contributed by atoms with Gasteiger partial charge in [0.05, 0.1) is 11.5 Å². The first-order valence-corrected chi connectivity index (χ1v) is 10.7. The van der Waals surface area contributed by atoms with E-state index in [0.717, 1.165) is 11.3 Å². The molecule has 0 unspecified atom stereocenters. The van der Waals surface area contributed by atoms with Crippen LogP contribution >= 0.6 is 11.8 Å². The first-order valence-electron chi connectivity index (χ1n) is 9.53. The maximum absolute atomic E-state index is 12.2. The highest BCUT2D eigenvalue weighted by molar-refractivity contribution is 7.99. The molecule has 0 radical (unpaired) electrons. The molecule has 0 saturated heterocycles. The molecule has 2 amide bonds. The van der Waals surface area contributed by atoms with E-state index < -0.39 is 0 Å². The topological polar surface area (TPSA) is 70.6 Å². The SMILES string of the molecule is C/C(=N/NC(=O)CSCc1ccccc1)c1ccc(NC(=O)c2ccccc2)cc1. The van der Waals surface area contributed by atoms with Gasteiger partial charge in [-0.1, -0.05) is 60.7 Å². The maximum Gasteiger partial charge on any atom is 0.255 e. The van der Waals surface area contributed by atoms with Crippen LogP contribution in [0.5, 0.6) is 0 Å². The molecule has 0 fully saturated rings. The summed E-state index contributed by atoms with van der Waals surface area (Å²) in [5.41, 5.74) is 6.64. The standard InChI is InChI=1S/C24H23N3O2S/c1-18(26-27-23(28)17-30-16-19-8-4-2-5-9-19)20-12-14-22(15-13-20)25-24(29)21-10-6-3-7-11-21/h2-15H,16-17H2,1H3,(H,25,29)(H,27,28)/b26-18-. The van der Waals surface area contributed by atoms with E-state index in [-0.39, 0.29) is 11.8 Å². The van der Waals surface area contributed by atoms with Gasteiger partial charge in [-0.2, -0.15) is 5.10 Å². The van der Waals surface area contributed by atoms with Crippen molar-refractivity contribution in [3.05, 3.63) is 102 Å². The summed E-state index contributed by atoms with van der Waals surface area (Å²) < 4.78 is 0. The number of thioether (sulfide) groups is 1. The summed E-state index contributed by atoms with van der Waals surface area (Å²) in [5.74, 6) is 0.833. The fraction of sp³-hybridized carbons (Fsp3) is 0.125. The average molecular weight is 418 g/mol. The Balaban J connectivity index is 1.47. The fourth-order valence-electron chi connectivity index (χ4n) is 2.67. The van der Waals surface area contributed by atoms with Crippen LogP contribution < -0.4 is 10.7 Å². The molecule has 30 heavy (non-hydrogen) atoms. The van der Waals surface area contributed by atoms with Crippen LogP contribution in [0.3, 0.4) is 0 Å². The molecule has 5 nitrogen and oxygen atoms in total. The van der Waals surface area contributed by atoms with Gasteiger partial charge in [0.15, 0.2) is 0 Å². The second kappa shape index (κ2) is 11.0. The molecule has 3 rings (SSSR count). The van der Waals surface area contributed by atoms with Gasteiger partial charge in [0, 0.05) is 17.0 Å². The zero-order valence-corrected chi connectivity index (χ0v) is 17.5. The summed E-state index contributed by atoms with van der Waals surface area (Å²) in [6.07, 6.45) is 0. The third-order valence-corrected chi connectivity index (χ3v) is 5.29. The van der Waals surface area contributed by atoms with Gasteiger partial charge in [-0.25, -0.2) is 5.43 Å². The van der Waals surface area contributed by atoms with E-state index in [0.29, 0.717) is 22.7 Å². The van der Waals surface area contributed by atoms with Gasteiger partial charge >= 0.3 is 0 Å². The maximum atomic E-state index is 12.2. The van der Waals surface area contributed by atoms with Crippen molar-refractivity contribution in [1.29, 1.82) is 0 Å². The van der Waals surface area contributed by atoms with E-state index in [1.54, 1.807) is 23.9 Å². The van der Waals surface area contributed by atoms with Crippen LogP contribution in [0, 0.1) is 0 Å². The predicted octanol–water partition coefficient (Wildman–Crippen LogP) is 4.71. The number of carbonyl (C=O) groups excluding carboxylic acids is 2. The van der Waals surface area contributed by atoms with E-state index in [2.05, 4.69) is 15.8 Å². The Labute approximate surface area is 180 Å². The molecule has 0 spiro atoms. The minimum absolute atomic E-state index is 0.137. The van der Waals surface area contributed by atoms with E-state index in [9.17, 15) is 9.59 Å². The number of nitrogens with zero attached hydrogens (tertiary/aromatic N) is 1. The Morgan fingerprint density at radius 2 is 1.47 bits per heavy atom. The van der Waals surface area contributed by atoms with Crippen molar-refractivity contribution in [3.63, 3.8) is 0 Å². The van der Waals surface area contributed by atoms with Gasteiger partial charge in [0.25, 0.3) is 5.91 Å². The molecule has 0 aliphatic heterocycles. The van der Waals surface area contributed by atoms with E-state index in [4.69, 9.17) is 0 Å². The van der Waals surface area contributed by atoms with Crippen molar-refractivity contribution in [2.75, 3.05) is 11.1 Å². The summed E-state index contributed by atoms with van der Waals surface area (Å²) in [5, 5.41) is 7.03. The van der Waals surface area contributed by atoms with Crippen LogP contribution in [0.25, 0.3) is 0 Å². The Kier molecular flexibility index (Phi) is 7.80. The molecule has 2 N–H and O–H groups in total. The molecule has 3 aromatic carbocycles. The lowest BCUT2D eigenvalue weighted by Crippen LogP contribution is -2.21. The first kappa shape index (κ1) is 21.3. The van der Waals surface area contributed by atoms with Crippen LogP contribution in [0.2, 0.25) is 0 Å². The smallest absolute Gasteiger partial charge is 0.255 e. The van der Waals surface area contributed by atoms with E-state index >= 15 is 0 Å². The molecule has 0 heterocycles. The molecule has 0 atom stereocenters. The van der Waals surface area contributed by atoms with Crippen molar-refractivity contribution in [2.45, 2.75) is 12.7 Å². The van der Waals surface area contributed by atoms with Crippen LogP contribution in [0.4, 0.5) is 5.69 Å². The van der Waals surface area contributed by atoms with Crippen molar-refractivity contribution in [2.24, 2.45) is 5.10 Å². The molecular weight excluding hydrogens is 394 g/mol. The van der Waals surface area contributed by atoms with Gasteiger partial charge < -0.3 is 5.32 Å². The summed E-state index contributed by atoms with van der Waals surface area (Å²) >= 11 is 1.55. The number of carbonyl (C=O) groups is 2. The second-order valence-electron chi connectivity index (χ2n) is 6.61. The van der Waals surface area contributed by atoms with E-state index in [1.807, 2.05) is 79.7 Å². The van der Waals surface area contributed by atoms with Crippen LogP contribution in [-0.2, 0) is 10.5 Å². The summed E-state index contributed by atoms with van der Waals surface area (Å²) in [6.45, 7) is 1.83. The number of hydrogen-bond donors (Lipinski definition) is 2. The third-order valence-electron chi connectivity index (χ3n) is 4.29. The molecule has 152 valence electrons. The number of rotatable bonds is 8. The Morgan fingerprint density at radius 1 is 0.833 bits per heavy atom. The first-order chi connectivity index (χ1) is 14.6. The number of anilines is 1. The molecular formula is C24H23N3O2S. The largest absolute Gasteiger partial charge is 0.322 e. The van der Waals surface area contributed by atoms with Crippen molar-refractivity contribution >= 4 is 35.0 Å². The highest BCUT2D eigenvalue weighted by atomic mass is 32.2. The summed E-state index contributed by atoms with van der Waals surface area (Å²) in [7, 11) is 0. The van der Waals surface area contributed by atoms with Gasteiger partial charge in [0.2, 0.25) is 5.91 Å². The van der Waals surface area contributed by atoms with Crippen LogP contribution in [0.15, 0.2) is 90.0 Å². The zero-order chi connectivity index (χ0) is 21.2. The van der Waals surface area contributed by atoms with Crippen LogP contribution in [0.1, 0.15) is 28.4 Å². The number of amides is 2. The third kappa shape index (κ3) is 6.60. The highest BCUT2D eigenvalue weighted by Crippen LogP contribution is 2.13. The van der Waals surface area contributed by atoms with Gasteiger partial charge in [-0.3, -0.25) is 9.59 Å². The lowest BCUT2D eigenvalue weighted by atomic mass is 10.1. The van der Waals surface area contributed by atoms with Crippen LogP contribution in [-0.4, -0.2) is 23.3 Å². The number of hydrogen-bond acceptors (Lipinski definition) is 4. The molecule has 0 bridgehead atoms. The zero-order valence-electron chi connectivity index (χ0n) is 16.7. The minimum Gasteiger partial charge on any atom is -0.322 e. The number of nitrogens with one attached hydrogen (secondary N) is 2. The Morgan fingerprint density at radius 3 is 2.13 bits per heavy atom.